The Bertz CT molecular complexity index is 549. The standard InChI is InChI=1S/C14H16FN3O/c15-13-5-1-2-6-14(13)19-12-9-17-18(10-12)11-4-3-7-16-8-11/h1-2,5-6,9-11,16H,3-4,7-8H2. The Hall–Kier alpha value is -1.88. The molecule has 19 heavy (non-hydrogen) atoms. The number of piperidine rings is 1. The highest BCUT2D eigenvalue weighted by molar-refractivity contribution is 5.29. The lowest BCUT2D eigenvalue weighted by Crippen LogP contribution is -2.31. The molecule has 1 saturated heterocycles. The van der Waals surface area contributed by atoms with E-state index in [1.165, 1.54) is 6.07 Å². The van der Waals surface area contributed by atoms with E-state index in [2.05, 4.69) is 10.4 Å². The number of aromatic nitrogens is 2. The third-order valence-corrected chi connectivity index (χ3v) is 3.29. The van der Waals surface area contributed by atoms with Gasteiger partial charge in [0.25, 0.3) is 0 Å². The van der Waals surface area contributed by atoms with E-state index in [9.17, 15) is 4.39 Å². The van der Waals surface area contributed by atoms with Crippen molar-refractivity contribution in [2.75, 3.05) is 13.1 Å². The van der Waals surface area contributed by atoms with Crippen LogP contribution in [0.25, 0.3) is 0 Å². The van der Waals surface area contributed by atoms with E-state index in [0.717, 1.165) is 25.9 Å². The SMILES string of the molecule is Fc1ccccc1Oc1cnn(C2CCCNC2)c1. The normalized spacial score (nSPS) is 19.3. The maximum atomic E-state index is 13.5. The van der Waals surface area contributed by atoms with E-state index >= 15 is 0 Å². The lowest BCUT2D eigenvalue weighted by Gasteiger charge is -2.22. The van der Waals surface area contributed by atoms with Crippen LogP contribution in [-0.2, 0) is 0 Å². The summed E-state index contributed by atoms with van der Waals surface area (Å²) < 4.78 is 20.9. The molecule has 1 unspecified atom stereocenters. The van der Waals surface area contributed by atoms with E-state index in [0.29, 0.717) is 11.8 Å². The van der Waals surface area contributed by atoms with Gasteiger partial charge in [0.2, 0.25) is 0 Å². The first-order chi connectivity index (χ1) is 9.33. The summed E-state index contributed by atoms with van der Waals surface area (Å²) in [7, 11) is 0. The Balaban J connectivity index is 1.73. The zero-order valence-corrected chi connectivity index (χ0v) is 10.6. The zero-order valence-electron chi connectivity index (χ0n) is 10.6. The summed E-state index contributed by atoms with van der Waals surface area (Å²) in [5.41, 5.74) is 0. The van der Waals surface area contributed by atoms with E-state index in [4.69, 9.17) is 4.74 Å². The van der Waals surface area contributed by atoms with Gasteiger partial charge in [-0.05, 0) is 31.5 Å². The smallest absolute Gasteiger partial charge is 0.165 e. The number of nitrogens with zero attached hydrogens (tertiary/aromatic N) is 2. The largest absolute Gasteiger partial charge is 0.451 e. The first-order valence-electron chi connectivity index (χ1n) is 6.50. The maximum Gasteiger partial charge on any atom is 0.165 e. The molecule has 1 aliphatic rings. The van der Waals surface area contributed by atoms with Crippen molar-refractivity contribution in [3.8, 4) is 11.5 Å². The molecule has 1 aromatic heterocycles. The van der Waals surface area contributed by atoms with E-state index < -0.39 is 0 Å². The number of nitrogens with one attached hydrogen (secondary N) is 1. The van der Waals surface area contributed by atoms with Crippen molar-refractivity contribution in [2.45, 2.75) is 18.9 Å². The van der Waals surface area contributed by atoms with Gasteiger partial charge in [0.1, 0.15) is 0 Å². The third-order valence-electron chi connectivity index (χ3n) is 3.29. The lowest BCUT2D eigenvalue weighted by atomic mass is 10.1. The predicted molar refractivity (Wildman–Crippen MR) is 69.8 cm³/mol. The summed E-state index contributed by atoms with van der Waals surface area (Å²) >= 11 is 0. The number of ether oxygens (including phenoxy) is 1. The predicted octanol–water partition coefficient (Wildman–Crippen LogP) is 2.74. The van der Waals surface area contributed by atoms with Crippen LogP contribution in [0.3, 0.4) is 0 Å². The average Bonchev–Trinajstić information content (AvgIpc) is 2.91. The third kappa shape index (κ3) is 2.76. The van der Waals surface area contributed by atoms with Crippen LogP contribution in [0.2, 0.25) is 0 Å². The topological polar surface area (TPSA) is 39.1 Å². The second-order valence-corrected chi connectivity index (χ2v) is 4.69. The molecule has 1 fully saturated rings. The zero-order chi connectivity index (χ0) is 13.1. The van der Waals surface area contributed by atoms with Gasteiger partial charge in [-0.15, -0.1) is 0 Å². The molecule has 0 radical (unpaired) electrons. The fourth-order valence-corrected chi connectivity index (χ4v) is 2.29. The van der Waals surface area contributed by atoms with Gasteiger partial charge in [-0.3, -0.25) is 4.68 Å². The highest BCUT2D eigenvalue weighted by Gasteiger charge is 2.16. The molecule has 0 saturated carbocycles. The van der Waals surface area contributed by atoms with E-state index in [1.54, 1.807) is 24.4 Å². The number of hydrogen-bond acceptors (Lipinski definition) is 3. The van der Waals surface area contributed by atoms with Crippen LogP contribution in [0.5, 0.6) is 11.5 Å². The number of para-hydroxylation sites is 1. The molecule has 1 N–H and O–H groups in total. The fraction of sp³-hybridized carbons (Fsp3) is 0.357. The summed E-state index contributed by atoms with van der Waals surface area (Å²) in [5.74, 6) is 0.425. The molecule has 1 aromatic carbocycles. The summed E-state index contributed by atoms with van der Waals surface area (Å²) in [6.07, 6.45) is 5.70. The minimum Gasteiger partial charge on any atom is -0.451 e. The molecular weight excluding hydrogens is 245 g/mol. The number of rotatable bonds is 3. The summed E-state index contributed by atoms with van der Waals surface area (Å²) in [5, 5.41) is 7.63. The molecule has 100 valence electrons. The molecule has 1 atom stereocenters. The molecule has 4 nitrogen and oxygen atoms in total. The Morgan fingerprint density at radius 1 is 1.37 bits per heavy atom. The molecule has 1 aliphatic heterocycles. The van der Waals surface area contributed by atoms with Crippen molar-refractivity contribution in [1.29, 1.82) is 0 Å². The van der Waals surface area contributed by atoms with Crippen molar-refractivity contribution in [1.82, 2.24) is 15.1 Å². The van der Waals surface area contributed by atoms with Gasteiger partial charge >= 0.3 is 0 Å². The highest BCUT2D eigenvalue weighted by Crippen LogP contribution is 2.25. The van der Waals surface area contributed by atoms with E-state index in [-0.39, 0.29) is 11.6 Å². The van der Waals surface area contributed by atoms with Crippen LogP contribution in [0.1, 0.15) is 18.9 Å². The van der Waals surface area contributed by atoms with Gasteiger partial charge in [0.15, 0.2) is 17.3 Å². The van der Waals surface area contributed by atoms with Crippen molar-refractivity contribution in [3.05, 3.63) is 42.5 Å². The molecule has 0 spiro atoms. The Kier molecular flexibility index (Phi) is 3.46. The van der Waals surface area contributed by atoms with Crippen molar-refractivity contribution < 1.29 is 9.13 Å². The molecule has 5 heteroatoms. The van der Waals surface area contributed by atoms with Crippen LogP contribution in [0, 0.1) is 5.82 Å². The quantitative estimate of drug-likeness (QED) is 0.923. The monoisotopic (exact) mass is 261 g/mol. The number of halogens is 1. The van der Waals surface area contributed by atoms with Crippen LogP contribution in [0.4, 0.5) is 4.39 Å². The summed E-state index contributed by atoms with van der Waals surface area (Å²) in [6.45, 7) is 1.98. The minimum absolute atomic E-state index is 0.226. The minimum atomic E-state index is -0.366. The molecular formula is C14H16FN3O. The fourth-order valence-electron chi connectivity index (χ4n) is 2.29. The maximum absolute atomic E-state index is 13.5. The van der Waals surface area contributed by atoms with Gasteiger partial charge in [-0.1, -0.05) is 12.1 Å². The van der Waals surface area contributed by atoms with Crippen molar-refractivity contribution in [3.63, 3.8) is 0 Å². The summed E-state index contributed by atoms with van der Waals surface area (Å²) in [4.78, 5) is 0. The van der Waals surface area contributed by atoms with Gasteiger partial charge in [0.05, 0.1) is 18.4 Å². The molecule has 3 rings (SSSR count). The molecule has 0 aliphatic carbocycles. The first-order valence-corrected chi connectivity index (χ1v) is 6.50. The number of hydrogen-bond donors (Lipinski definition) is 1. The second-order valence-electron chi connectivity index (χ2n) is 4.69. The van der Waals surface area contributed by atoms with Gasteiger partial charge in [0, 0.05) is 6.54 Å². The molecule has 0 bridgehead atoms. The molecule has 0 amide bonds. The first kappa shape index (κ1) is 12.2. The van der Waals surface area contributed by atoms with E-state index in [1.807, 2.05) is 10.9 Å². The lowest BCUT2D eigenvalue weighted by molar-refractivity contribution is 0.345. The average molecular weight is 261 g/mol. The Labute approximate surface area is 111 Å². The van der Waals surface area contributed by atoms with Gasteiger partial charge in [-0.25, -0.2) is 4.39 Å². The second kappa shape index (κ2) is 5.40. The van der Waals surface area contributed by atoms with Crippen LogP contribution in [-0.4, -0.2) is 22.9 Å². The molecule has 2 heterocycles. The van der Waals surface area contributed by atoms with Crippen LogP contribution < -0.4 is 10.1 Å². The Morgan fingerprint density at radius 2 is 2.26 bits per heavy atom. The Morgan fingerprint density at radius 3 is 3.05 bits per heavy atom. The van der Waals surface area contributed by atoms with Crippen molar-refractivity contribution in [2.24, 2.45) is 0 Å². The van der Waals surface area contributed by atoms with Crippen LogP contribution >= 0.6 is 0 Å². The number of benzene rings is 1. The van der Waals surface area contributed by atoms with Gasteiger partial charge in [-0.2, -0.15) is 5.10 Å². The molecule has 2 aromatic rings. The highest BCUT2D eigenvalue weighted by atomic mass is 19.1. The van der Waals surface area contributed by atoms with Crippen LogP contribution in [0.15, 0.2) is 36.7 Å². The van der Waals surface area contributed by atoms with Gasteiger partial charge < -0.3 is 10.1 Å². The summed E-state index contributed by atoms with van der Waals surface area (Å²) in [6, 6.07) is 6.72. The van der Waals surface area contributed by atoms with Crippen molar-refractivity contribution >= 4 is 0 Å².